The Labute approximate surface area is 244 Å². The quantitative estimate of drug-likeness (QED) is 0.157. The van der Waals surface area contributed by atoms with Gasteiger partial charge in [-0.15, -0.1) is 10.2 Å². The summed E-state index contributed by atoms with van der Waals surface area (Å²) in [6.45, 7) is 15.6. The predicted octanol–water partition coefficient (Wildman–Crippen LogP) is 6.96. The minimum absolute atomic E-state index is 0.0300. The maximum atomic E-state index is 6.48. The van der Waals surface area contributed by atoms with Crippen LogP contribution in [-0.4, -0.2) is 47.6 Å². The molecule has 4 aromatic rings. The van der Waals surface area contributed by atoms with Gasteiger partial charge in [-0.2, -0.15) is 10.3 Å². The Morgan fingerprint density at radius 3 is 2.10 bits per heavy atom. The minimum Gasteiger partial charge on any atom is -0.341 e. The van der Waals surface area contributed by atoms with E-state index in [0.29, 0.717) is 30.4 Å². The summed E-state index contributed by atoms with van der Waals surface area (Å²) in [5.41, 5.74) is 4.24. The minimum atomic E-state index is -0.978. The van der Waals surface area contributed by atoms with E-state index in [1.807, 2.05) is 45.9 Å². The highest BCUT2D eigenvalue weighted by Gasteiger charge is 2.41. The predicted molar refractivity (Wildman–Crippen MR) is 161 cm³/mol. The fourth-order valence-electron chi connectivity index (χ4n) is 5.25. The van der Waals surface area contributed by atoms with Crippen LogP contribution in [0.4, 0.5) is 0 Å². The summed E-state index contributed by atoms with van der Waals surface area (Å²) >= 11 is 0. The van der Waals surface area contributed by atoms with Crippen molar-refractivity contribution in [1.82, 2.24) is 35.4 Å². The Balaban J connectivity index is 1.69. The van der Waals surface area contributed by atoms with E-state index in [4.69, 9.17) is 19.6 Å². The molecule has 0 aliphatic carbocycles. The molecule has 9 heteroatoms. The summed E-state index contributed by atoms with van der Waals surface area (Å²) in [5.74, 6) is 1.66. The average Bonchev–Trinajstić information content (AvgIpc) is 3.62. The molecule has 2 aromatic heterocycles. The third kappa shape index (κ3) is 7.45. The van der Waals surface area contributed by atoms with Crippen LogP contribution < -0.4 is 0 Å². The maximum Gasteiger partial charge on any atom is 0.232 e. The van der Waals surface area contributed by atoms with Gasteiger partial charge < -0.3 is 9.47 Å². The van der Waals surface area contributed by atoms with Gasteiger partial charge in [0.1, 0.15) is 5.82 Å². The molecule has 2 heterocycles. The first kappa shape index (κ1) is 30.5. The lowest BCUT2D eigenvalue weighted by atomic mass is 9.97. The van der Waals surface area contributed by atoms with E-state index < -0.39 is 5.79 Å². The van der Waals surface area contributed by atoms with E-state index in [0.717, 1.165) is 53.9 Å². The van der Waals surface area contributed by atoms with Gasteiger partial charge in [0.15, 0.2) is 0 Å². The van der Waals surface area contributed by atoms with Crippen LogP contribution >= 0.6 is 0 Å². The Kier molecular flexibility index (Phi) is 10.4. The van der Waals surface area contributed by atoms with Crippen molar-refractivity contribution in [2.45, 2.75) is 105 Å². The molecule has 0 fully saturated rings. The van der Waals surface area contributed by atoms with Gasteiger partial charge in [-0.25, -0.2) is 9.67 Å². The zero-order chi connectivity index (χ0) is 29.4. The molecule has 0 unspecified atom stereocenters. The number of hydrogen-bond acceptors (Lipinski definition) is 7. The zero-order valence-electron chi connectivity index (χ0n) is 25.6. The Hall–Kier alpha value is -3.43. The number of aromatic amines is 1. The number of tetrazole rings is 1. The lowest BCUT2D eigenvalue weighted by Gasteiger charge is -2.34. The SMILES string of the molecule is CCCC(OC(C)C)(OC(C)C)c1nc(Cc2ccc(-c3ccccc3-c3nn[nH]n3)cc2)n(CC(CC)CC)n1. The van der Waals surface area contributed by atoms with Crippen LogP contribution in [0.15, 0.2) is 48.5 Å². The molecule has 0 saturated carbocycles. The number of aromatic nitrogens is 7. The molecule has 220 valence electrons. The van der Waals surface area contributed by atoms with Crippen LogP contribution in [0.1, 0.15) is 91.4 Å². The van der Waals surface area contributed by atoms with Gasteiger partial charge in [0.25, 0.3) is 0 Å². The Morgan fingerprint density at radius 1 is 0.878 bits per heavy atom. The van der Waals surface area contributed by atoms with Crippen LogP contribution in [0.3, 0.4) is 0 Å². The number of nitrogens with zero attached hydrogens (tertiary/aromatic N) is 6. The molecule has 0 aliphatic heterocycles. The van der Waals surface area contributed by atoms with E-state index in [-0.39, 0.29) is 12.2 Å². The van der Waals surface area contributed by atoms with Crippen LogP contribution in [0.2, 0.25) is 0 Å². The molecular formula is C32H45N7O2. The molecule has 0 saturated heterocycles. The van der Waals surface area contributed by atoms with Gasteiger partial charge in [0, 0.05) is 24.9 Å². The summed E-state index contributed by atoms with van der Waals surface area (Å²) in [5, 5.41) is 19.7. The van der Waals surface area contributed by atoms with Gasteiger partial charge >= 0.3 is 0 Å². The van der Waals surface area contributed by atoms with Gasteiger partial charge in [-0.3, -0.25) is 0 Å². The van der Waals surface area contributed by atoms with Crippen LogP contribution in [0.5, 0.6) is 0 Å². The Morgan fingerprint density at radius 2 is 1.54 bits per heavy atom. The number of H-pyrrole nitrogens is 1. The molecule has 1 N–H and O–H groups in total. The number of rotatable bonds is 15. The van der Waals surface area contributed by atoms with Crippen molar-refractivity contribution >= 4 is 0 Å². The van der Waals surface area contributed by atoms with Crippen molar-refractivity contribution in [3.05, 3.63) is 65.7 Å². The summed E-state index contributed by atoms with van der Waals surface area (Å²) in [6.07, 6.45) is 4.35. The number of nitrogens with one attached hydrogen (secondary N) is 1. The van der Waals surface area contributed by atoms with Gasteiger partial charge in [0.05, 0.1) is 12.2 Å². The van der Waals surface area contributed by atoms with Crippen LogP contribution in [0, 0.1) is 5.92 Å². The highest BCUT2D eigenvalue weighted by atomic mass is 16.7. The summed E-state index contributed by atoms with van der Waals surface area (Å²) in [4.78, 5) is 5.13. The van der Waals surface area contributed by atoms with E-state index in [1.165, 1.54) is 0 Å². The van der Waals surface area contributed by atoms with Crippen molar-refractivity contribution in [2.24, 2.45) is 5.92 Å². The molecule has 41 heavy (non-hydrogen) atoms. The third-order valence-electron chi connectivity index (χ3n) is 7.25. The molecule has 0 aliphatic rings. The summed E-state index contributed by atoms with van der Waals surface area (Å²) in [7, 11) is 0. The molecule has 9 nitrogen and oxygen atoms in total. The van der Waals surface area contributed by atoms with E-state index in [2.05, 4.69) is 76.4 Å². The molecular weight excluding hydrogens is 514 g/mol. The van der Waals surface area contributed by atoms with Crippen molar-refractivity contribution in [1.29, 1.82) is 0 Å². The first-order valence-corrected chi connectivity index (χ1v) is 15.0. The summed E-state index contributed by atoms with van der Waals surface area (Å²) < 4.78 is 15.0. The van der Waals surface area contributed by atoms with Gasteiger partial charge in [-0.1, -0.05) is 88.6 Å². The molecule has 0 spiro atoms. The fourth-order valence-corrected chi connectivity index (χ4v) is 5.25. The number of ether oxygens (including phenoxy) is 2. The monoisotopic (exact) mass is 559 g/mol. The smallest absolute Gasteiger partial charge is 0.232 e. The van der Waals surface area contributed by atoms with E-state index in [9.17, 15) is 0 Å². The van der Waals surface area contributed by atoms with Crippen molar-refractivity contribution in [3.63, 3.8) is 0 Å². The normalized spacial score (nSPS) is 12.2. The molecule has 2 aromatic carbocycles. The summed E-state index contributed by atoms with van der Waals surface area (Å²) in [6, 6.07) is 16.7. The van der Waals surface area contributed by atoms with Crippen molar-refractivity contribution in [3.8, 4) is 22.5 Å². The average molecular weight is 560 g/mol. The van der Waals surface area contributed by atoms with Gasteiger partial charge in [0.2, 0.25) is 17.4 Å². The second-order valence-electron chi connectivity index (χ2n) is 11.2. The topological polar surface area (TPSA) is 104 Å². The lowest BCUT2D eigenvalue weighted by Crippen LogP contribution is -2.39. The van der Waals surface area contributed by atoms with Gasteiger partial charge in [-0.05, 0) is 55.5 Å². The van der Waals surface area contributed by atoms with E-state index >= 15 is 0 Å². The Bertz CT molecular complexity index is 1330. The molecule has 4 rings (SSSR count). The largest absolute Gasteiger partial charge is 0.341 e. The third-order valence-corrected chi connectivity index (χ3v) is 7.25. The second kappa shape index (κ2) is 14.0. The number of benzene rings is 2. The lowest BCUT2D eigenvalue weighted by molar-refractivity contribution is -0.286. The molecule has 0 bridgehead atoms. The zero-order valence-corrected chi connectivity index (χ0v) is 25.6. The number of hydrogen-bond donors (Lipinski definition) is 1. The highest BCUT2D eigenvalue weighted by molar-refractivity contribution is 5.80. The van der Waals surface area contributed by atoms with Crippen molar-refractivity contribution in [2.75, 3.05) is 0 Å². The van der Waals surface area contributed by atoms with Crippen LogP contribution in [-0.2, 0) is 28.2 Å². The maximum absolute atomic E-state index is 6.48. The second-order valence-corrected chi connectivity index (χ2v) is 11.2. The van der Waals surface area contributed by atoms with Crippen LogP contribution in [0.25, 0.3) is 22.5 Å². The first-order valence-electron chi connectivity index (χ1n) is 15.0. The fraction of sp³-hybridized carbons (Fsp3) is 0.531. The molecule has 0 atom stereocenters. The standard InChI is InChI=1S/C32H45N7O2/c1-8-19-32(40-22(4)5,41-23(6)7)31-33-29(39(36-31)21-24(9-2)10-3)20-25-15-17-26(18-16-25)27-13-11-12-14-28(27)30-34-37-38-35-30/h11-18,22-24H,8-10,19-21H2,1-7H3,(H,34,35,37,38). The highest BCUT2D eigenvalue weighted by Crippen LogP contribution is 2.34. The molecule has 0 amide bonds. The first-order chi connectivity index (χ1) is 19.8. The van der Waals surface area contributed by atoms with E-state index in [1.54, 1.807) is 0 Å². The molecule has 0 radical (unpaired) electrons. The van der Waals surface area contributed by atoms with Crippen molar-refractivity contribution < 1.29 is 9.47 Å².